The van der Waals surface area contributed by atoms with Crippen LogP contribution in [0.5, 0.6) is 0 Å². The number of alkyl halides is 1. The average molecular weight is 101 g/mol. The van der Waals surface area contributed by atoms with Gasteiger partial charge in [-0.2, -0.15) is 9.50 Å². The van der Waals surface area contributed by atoms with Crippen LogP contribution in [0.1, 0.15) is 13.3 Å². The third kappa shape index (κ3) is 2.18. The molecule has 1 nitrogen and oxygen atoms in total. The number of hydrogen-bond donors (Lipinski definition) is 0. The Bertz CT molecular complexity index is 90.7. The number of terminal acetylenes is 1. The van der Waals surface area contributed by atoms with Crippen LogP contribution in [0, 0.1) is 12.3 Å². The first-order valence-electron chi connectivity index (χ1n) is 1.99. The third-order valence-electron chi connectivity index (χ3n) is 0.670. The van der Waals surface area contributed by atoms with E-state index in [0.29, 0.717) is 0 Å². The Morgan fingerprint density at radius 3 is 2.43 bits per heavy atom. The molecule has 0 saturated carbocycles. The molecular weight excluding hydrogens is 95.1 g/mol. The second-order valence-corrected chi connectivity index (χ2v) is 1.23. The number of halogens is 1. The highest BCUT2D eigenvalue weighted by molar-refractivity contribution is 4.98. The van der Waals surface area contributed by atoms with Gasteiger partial charge in [-0.1, -0.05) is 6.92 Å². The van der Waals surface area contributed by atoms with Gasteiger partial charge in [0, 0.05) is 6.42 Å². The van der Waals surface area contributed by atoms with Crippen LogP contribution in [0.3, 0.4) is 0 Å². The Morgan fingerprint density at radius 2 is 2.43 bits per heavy atom. The molecule has 2 heteroatoms. The van der Waals surface area contributed by atoms with Crippen molar-refractivity contribution < 1.29 is 9.50 Å². The molecule has 1 radical (unpaired) electrons. The number of rotatable bonds is 1. The molecule has 0 fully saturated rings. The molecule has 0 heterocycles. The first kappa shape index (κ1) is 6.45. The minimum absolute atomic E-state index is 0.163. The van der Waals surface area contributed by atoms with Crippen molar-refractivity contribution in [2.45, 2.75) is 19.2 Å². The molecule has 0 aliphatic carbocycles. The Labute approximate surface area is 42.2 Å². The molecule has 0 aliphatic rings. The van der Waals surface area contributed by atoms with E-state index in [-0.39, 0.29) is 6.42 Å². The molecule has 1 atom stereocenters. The molecule has 0 aromatic rings. The lowest BCUT2D eigenvalue weighted by atomic mass is 10.3. The normalized spacial score (nSPS) is 17.4. The molecule has 0 saturated heterocycles. The molecule has 0 amide bonds. The fraction of sp³-hybridized carbons (Fsp3) is 0.600. The quantitative estimate of drug-likeness (QED) is 0.441. The van der Waals surface area contributed by atoms with E-state index in [0.717, 1.165) is 0 Å². The fourth-order valence-corrected chi connectivity index (χ4v) is 0.102. The highest BCUT2D eigenvalue weighted by atomic mass is 19.2. The van der Waals surface area contributed by atoms with E-state index in [4.69, 9.17) is 0 Å². The van der Waals surface area contributed by atoms with Crippen LogP contribution in [-0.4, -0.2) is 5.85 Å². The highest BCUT2D eigenvalue weighted by Crippen LogP contribution is 2.08. The van der Waals surface area contributed by atoms with E-state index < -0.39 is 5.85 Å². The van der Waals surface area contributed by atoms with E-state index >= 15 is 0 Å². The summed E-state index contributed by atoms with van der Waals surface area (Å²) in [5.74, 6) is -1.17. The summed E-state index contributed by atoms with van der Waals surface area (Å²) in [5.41, 5.74) is 0. The van der Waals surface area contributed by atoms with E-state index in [1.54, 1.807) is 0 Å². The first-order chi connectivity index (χ1) is 3.12. The summed E-state index contributed by atoms with van der Waals surface area (Å²) >= 11 is 0. The smallest absolute Gasteiger partial charge is 0.194 e. The summed E-state index contributed by atoms with van der Waals surface area (Å²) in [6.07, 6.45) is 4.32. The summed E-state index contributed by atoms with van der Waals surface area (Å²) < 4.78 is 11.8. The maximum atomic E-state index is 11.8. The van der Waals surface area contributed by atoms with Crippen molar-refractivity contribution in [2.24, 2.45) is 0 Å². The summed E-state index contributed by atoms with van der Waals surface area (Å²) in [4.78, 5) is 0. The molecule has 0 aromatic carbocycles. The summed E-state index contributed by atoms with van der Waals surface area (Å²) in [6, 6.07) is 0. The molecule has 39 valence electrons. The van der Waals surface area contributed by atoms with Gasteiger partial charge in [-0.05, 0) is 5.92 Å². The predicted molar refractivity (Wildman–Crippen MR) is 23.6 cm³/mol. The van der Waals surface area contributed by atoms with Crippen molar-refractivity contribution >= 4 is 0 Å². The molecular formula is C5H6FO. The van der Waals surface area contributed by atoms with Crippen LogP contribution >= 0.6 is 0 Å². The lowest BCUT2D eigenvalue weighted by Crippen LogP contribution is -2.14. The molecule has 0 aliphatic heterocycles. The second-order valence-electron chi connectivity index (χ2n) is 1.23. The van der Waals surface area contributed by atoms with E-state index in [9.17, 15) is 9.50 Å². The van der Waals surface area contributed by atoms with Gasteiger partial charge >= 0.3 is 5.85 Å². The molecule has 7 heavy (non-hydrogen) atoms. The van der Waals surface area contributed by atoms with Crippen molar-refractivity contribution in [3.05, 3.63) is 0 Å². The molecule has 0 rings (SSSR count). The van der Waals surface area contributed by atoms with Crippen LogP contribution in [0.15, 0.2) is 0 Å². The standard InChI is InChI=1S/C5H6FO/c1-3-5(6,7)4-2/h1H,4H2,2H3. The Hall–Kier alpha value is -0.550. The molecule has 0 bridgehead atoms. The average Bonchev–Trinajstić information content (AvgIpc) is 1.68. The molecule has 0 N–H and O–H groups in total. The molecule has 0 spiro atoms. The Kier molecular flexibility index (Phi) is 1.79. The van der Waals surface area contributed by atoms with Gasteiger partial charge < -0.3 is 0 Å². The topological polar surface area (TPSA) is 19.9 Å². The van der Waals surface area contributed by atoms with Crippen LogP contribution in [0.4, 0.5) is 4.39 Å². The maximum Gasteiger partial charge on any atom is 0.300 e. The monoisotopic (exact) mass is 101 g/mol. The predicted octanol–water partition coefficient (Wildman–Crippen LogP) is 1.13. The molecule has 1 unspecified atom stereocenters. The van der Waals surface area contributed by atoms with Crippen LogP contribution < -0.4 is 0 Å². The van der Waals surface area contributed by atoms with Gasteiger partial charge in [0.05, 0.1) is 0 Å². The summed E-state index contributed by atoms with van der Waals surface area (Å²) in [6.45, 7) is 1.41. The lowest BCUT2D eigenvalue weighted by Gasteiger charge is -2.01. The maximum absolute atomic E-state index is 11.8. The van der Waals surface area contributed by atoms with Gasteiger partial charge in [-0.25, -0.2) is 0 Å². The minimum atomic E-state index is -2.64. The number of hydrogen-bond acceptors (Lipinski definition) is 0. The van der Waals surface area contributed by atoms with Gasteiger partial charge in [-0.15, -0.1) is 6.42 Å². The largest absolute Gasteiger partial charge is 0.300 e. The van der Waals surface area contributed by atoms with E-state index in [1.165, 1.54) is 12.8 Å². The van der Waals surface area contributed by atoms with Crippen molar-refractivity contribution in [3.8, 4) is 12.3 Å². The SMILES string of the molecule is C#CC([O])(F)CC. The Balaban J connectivity index is 3.66. The molecule has 0 aromatic heterocycles. The second kappa shape index (κ2) is 1.94. The van der Waals surface area contributed by atoms with Crippen LogP contribution in [0.2, 0.25) is 0 Å². The third-order valence-corrected chi connectivity index (χ3v) is 0.670. The summed E-state index contributed by atoms with van der Waals surface area (Å²) in [5, 5.41) is 9.94. The van der Waals surface area contributed by atoms with Gasteiger partial charge in [0.25, 0.3) is 0 Å². The van der Waals surface area contributed by atoms with Gasteiger partial charge in [-0.3, -0.25) is 0 Å². The van der Waals surface area contributed by atoms with Crippen molar-refractivity contribution in [3.63, 3.8) is 0 Å². The van der Waals surface area contributed by atoms with E-state index in [1.807, 2.05) is 0 Å². The minimum Gasteiger partial charge on any atom is -0.194 e. The zero-order chi connectivity index (χ0) is 5.91. The summed E-state index contributed by atoms with van der Waals surface area (Å²) in [7, 11) is 0. The van der Waals surface area contributed by atoms with Crippen LogP contribution in [0.25, 0.3) is 0 Å². The van der Waals surface area contributed by atoms with Crippen molar-refractivity contribution in [1.82, 2.24) is 0 Å². The highest BCUT2D eigenvalue weighted by Gasteiger charge is 2.20. The van der Waals surface area contributed by atoms with E-state index in [2.05, 4.69) is 6.42 Å². The first-order valence-corrected chi connectivity index (χ1v) is 1.99. The van der Waals surface area contributed by atoms with Crippen molar-refractivity contribution in [1.29, 1.82) is 0 Å². The van der Waals surface area contributed by atoms with Crippen LogP contribution in [-0.2, 0) is 5.11 Å². The fourth-order valence-electron chi connectivity index (χ4n) is 0.102. The zero-order valence-corrected chi connectivity index (χ0v) is 4.07. The Morgan fingerprint density at radius 1 is 2.00 bits per heavy atom. The lowest BCUT2D eigenvalue weighted by molar-refractivity contribution is -0.0918. The van der Waals surface area contributed by atoms with Crippen molar-refractivity contribution in [2.75, 3.05) is 0 Å². The zero-order valence-electron chi connectivity index (χ0n) is 4.07. The van der Waals surface area contributed by atoms with Gasteiger partial charge in [0.15, 0.2) is 0 Å². The van der Waals surface area contributed by atoms with Gasteiger partial charge in [0.1, 0.15) is 0 Å². The van der Waals surface area contributed by atoms with Gasteiger partial charge in [0.2, 0.25) is 0 Å².